The number of benzene rings is 1. The van der Waals surface area contributed by atoms with Crippen molar-refractivity contribution in [2.45, 2.75) is 39.5 Å². The van der Waals surface area contributed by atoms with E-state index in [9.17, 15) is 12.9 Å². The van der Waals surface area contributed by atoms with Gasteiger partial charge in [0.1, 0.15) is 5.75 Å². The lowest BCUT2D eigenvalue weighted by Gasteiger charge is -2.25. The van der Waals surface area contributed by atoms with Gasteiger partial charge in [0.2, 0.25) is 0 Å². The summed E-state index contributed by atoms with van der Waals surface area (Å²) >= 11 is 0. The van der Waals surface area contributed by atoms with E-state index in [1.54, 1.807) is 6.07 Å². The average molecular weight is 285 g/mol. The molecular formula is C15H21BF3O-. The lowest BCUT2D eigenvalue weighted by Crippen LogP contribution is -2.24. The third-order valence-electron chi connectivity index (χ3n) is 3.14. The van der Waals surface area contributed by atoms with Crippen LogP contribution in [0.2, 0.25) is 0 Å². The fourth-order valence-electron chi connectivity index (χ4n) is 1.77. The molecule has 0 radical (unpaired) electrons. The number of hydrogen-bond acceptors (Lipinski definition) is 1. The maximum absolute atomic E-state index is 12.5. The van der Waals surface area contributed by atoms with Crippen LogP contribution >= 0.6 is 0 Å². The van der Waals surface area contributed by atoms with Gasteiger partial charge in [0.25, 0.3) is 0 Å². The number of aryl methyl sites for hydroxylation is 1. The second kappa shape index (κ2) is 5.94. The molecule has 0 bridgehead atoms. The Hall–Kier alpha value is -1.39. The van der Waals surface area contributed by atoms with E-state index in [0.29, 0.717) is 5.75 Å². The topological polar surface area (TPSA) is 9.23 Å². The van der Waals surface area contributed by atoms with Crippen LogP contribution in [0.5, 0.6) is 5.75 Å². The number of hydrogen-bond donors (Lipinski definition) is 0. The first kappa shape index (κ1) is 16.7. The van der Waals surface area contributed by atoms with Crippen molar-refractivity contribution in [2.75, 3.05) is 6.61 Å². The number of halogens is 3. The Kier molecular flexibility index (Phi) is 4.95. The maximum Gasteiger partial charge on any atom is 0.508 e. The molecule has 0 aromatic heterocycles. The highest BCUT2D eigenvalue weighted by atomic mass is 19.4. The molecule has 0 spiro atoms. The Bertz CT molecular complexity index is 487. The second-order valence-electron chi connectivity index (χ2n) is 5.96. The van der Waals surface area contributed by atoms with Gasteiger partial charge in [0, 0.05) is 0 Å². The Balaban J connectivity index is 2.98. The van der Waals surface area contributed by atoms with Gasteiger partial charge in [-0.05, 0) is 29.0 Å². The van der Waals surface area contributed by atoms with E-state index in [0.717, 1.165) is 17.5 Å². The van der Waals surface area contributed by atoms with Gasteiger partial charge in [-0.3, -0.25) is 0 Å². The average Bonchev–Trinajstić information content (AvgIpc) is 2.33. The summed E-state index contributed by atoms with van der Waals surface area (Å²) in [5, 5.41) is 0. The summed E-state index contributed by atoms with van der Waals surface area (Å²) in [6, 6.07) is 5.62. The van der Waals surface area contributed by atoms with E-state index in [1.165, 1.54) is 0 Å². The fourth-order valence-corrected chi connectivity index (χ4v) is 1.77. The third-order valence-corrected chi connectivity index (χ3v) is 3.14. The molecule has 0 heterocycles. The van der Waals surface area contributed by atoms with E-state index in [-0.39, 0.29) is 5.41 Å². The van der Waals surface area contributed by atoms with E-state index in [2.05, 4.69) is 6.58 Å². The molecule has 0 saturated carbocycles. The van der Waals surface area contributed by atoms with Gasteiger partial charge in [0.15, 0.2) is 0 Å². The first-order chi connectivity index (χ1) is 9.05. The highest BCUT2D eigenvalue weighted by Gasteiger charge is 2.27. The Labute approximate surface area is 118 Å². The molecule has 0 atom stereocenters. The fraction of sp³-hybridized carbons (Fsp3) is 0.467. The van der Waals surface area contributed by atoms with Gasteiger partial charge in [0.05, 0.1) is 6.61 Å². The lowest BCUT2D eigenvalue weighted by molar-refractivity contribution is 0.336. The quantitative estimate of drug-likeness (QED) is 0.701. The highest BCUT2D eigenvalue weighted by Crippen LogP contribution is 2.33. The van der Waals surface area contributed by atoms with Gasteiger partial charge < -0.3 is 17.7 Å². The molecule has 0 aliphatic rings. The zero-order chi connectivity index (χ0) is 15.6. The molecule has 0 N–H and O–H groups in total. The highest BCUT2D eigenvalue weighted by molar-refractivity contribution is 6.66. The van der Waals surface area contributed by atoms with Crippen LogP contribution in [0, 0.1) is 0 Å². The van der Waals surface area contributed by atoms with Crippen molar-refractivity contribution in [1.29, 1.82) is 0 Å². The van der Waals surface area contributed by atoms with Crippen LogP contribution in [0.25, 0.3) is 0 Å². The van der Waals surface area contributed by atoms with Crippen molar-refractivity contribution >= 4 is 6.98 Å². The van der Waals surface area contributed by atoms with Crippen LogP contribution in [0.15, 0.2) is 30.3 Å². The summed E-state index contributed by atoms with van der Waals surface area (Å²) < 4.78 is 42.8. The van der Waals surface area contributed by atoms with E-state index < -0.39 is 19.1 Å². The first-order valence-electron chi connectivity index (χ1n) is 6.69. The van der Waals surface area contributed by atoms with Crippen LogP contribution in [0.1, 0.15) is 38.8 Å². The van der Waals surface area contributed by atoms with Crippen LogP contribution in [0.4, 0.5) is 12.9 Å². The van der Waals surface area contributed by atoms with Gasteiger partial charge in [-0.25, -0.2) is 0 Å². The van der Waals surface area contributed by atoms with Crippen molar-refractivity contribution < 1.29 is 17.7 Å². The van der Waals surface area contributed by atoms with E-state index >= 15 is 0 Å². The molecule has 0 amide bonds. The Morgan fingerprint density at radius 1 is 1.25 bits per heavy atom. The Morgan fingerprint density at radius 2 is 1.85 bits per heavy atom. The molecule has 1 nitrogen and oxygen atoms in total. The van der Waals surface area contributed by atoms with Crippen LogP contribution in [-0.4, -0.2) is 13.6 Å². The molecular weight excluding hydrogens is 264 g/mol. The molecule has 5 heteroatoms. The van der Waals surface area contributed by atoms with Crippen molar-refractivity contribution in [3.8, 4) is 5.75 Å². The predicted molar refractivity (Wildman–Crippen MR) is 78.2 cm³/mol. The minimum atomic E-state index is -5.04. The van der Waals surface area contributed by atoms with E-state index in [4.69, 9.17) is 4.74 Å². The van der Waals surface area contributed by atoms with Crippen LogP contribution < -0.4 is 4.74 Å². The molecule has 0 saturated heterocycles. The first-order valence-corrected chi connectivity index (χ1v) is 6.69. The maximum atomic E-state index is 12.5. The molecule has 1 aromatic rings. The van der Waals surface area contributed by atoms with Crippen molar-refractivity contribution in [2.24, 2.45) is 0 Å². The molecule has 0 fully saturated rings. The predicted octanol–water partition coefficient (Wildman–Crippen LogP) is 4.87. The van der Waals surface area contributed by atoms with Crippen molar-refractivity contribution in [3.05, 3.63) is 41.4 Å². The molecule has 0 aliphatic carbocycles. The Morgan fingerprint density at radius 3 is 2.30 bits per heavy atom. The minimum absolute atomic E-state index is 0.189. The monoisotopic (exact) mass is 285 g/mol. The molecule has 1 aromatic carbocycles. The second-order valence-corrected chi connectivity index (χ2v) is 5.96. The largest absolute Gasteiger partial charge is 0.508 e. The molecule has 20 heavy (non-hydrogen) atoms. The van der Waals surface area contributed by atoms with Gasteiger partial charge in [-0.2, -0.15) is 0 Å². The number of ether oxygens (including phenoxy) is 1. The third kappa shape index (κ3) is 4.32. The lowest BCUT2D eigenvalue weighted by atomic mass is 9.81. The molecule has 0 unspecified atom stereocenters. The summed E-state index contributed by atoms with van der Waals surface area (Å²) in [6.45, 7) is 5.56. The SMILES string of the molecule is C=C(COc1ccc(CC)cc1C(C)(C)C)[B-](F)(F)F. The van der Waals surface area contributed by atoms with Crippen LogP contribution in [0.3, 0.4) is 0 Å². The summed E-state index contributed by atoms with van der Waals surface area (Å²) in [7, 11) is 0. The van der Waals surface area contributed by atoms with Crippen molar-refractivity contribution in [1.82, 2.24) is 0 Å². The molecule has 1 rings (SSSR count). The summed E-state index contributed by atoms with van der Waals surface area (Å²) in [4.78, 5) is 0. The normalized spacial score (nSPS) is 12.3. The van der Waals surface area contributed by atoms with Gasteiger partial charge in [-0.1, -0.05) is 39.8 Å². The zero-order valence-corrected chi connectivity index (χ0v) is 12.5. The summed E-state index contributed by atoms with van der Waals surface area (Å²) in [6.07, 6.45) is 0.877. The van der Waals surface area contributed by atoms with Crippen molar-refractivity contribution in [3.63, 3.8) is 0 Å². The molecule has 0 aliphatic heterocycles. The zero-order valence-electron chi connectivity index (χ0n) is 12.5. The molecule has 112 valence electrons. The number of rotatable bonds is 5. The standard InChI is InChI=1S/C15H21BF3O/c1-6-12-7-8-14(13(9-12)15(3,4)5)20-10-11(2)16(17,18)19/h7-9H,2,6,10H2,1,3-5H3/q-1. The van der Waals surface area contributed by atoms with Gasteiger partial charge >= 0.3 is 6.98 Å². The van der Waals surface area contributed by atoms with Crippen LogP contribution in [-0.2, 0) is 11.8 Å². The van der Waals surface area contributed by atoms with E-state index in [1.807, 2.05) is 39.8 Å². The van der Waals surface area contributed by atoms with Gasteiger partial charge in [-0.15, -0.1) is 12.1 Å². The smallest absolute Gasteiger partial charge is 0.492 e. The minimum Gasteiger partial charge on any atom is -0.492 e. The summed E-state index contributed by atoms with van der Waals surface area (Å²) in [5.41, 5.74) is 1.05. The summed E-state index contributed by atoms with van der Waals surface area (Å²) in [5.74, 6) is 0.496.